The van der Waals surface area contributed by atoms with Gasteiger partial charge in [0.2, 0.25) is 0 Å². The molecule has 1 aliphatic carbocycles. The van der Waals surface area contributed by atoms with Crippen LogP contribution in [0.4, 0.5) is 0 Å². The summed E-state index contributed by atoms with van der Waals surface area (Å²) in [5.74, 6) is -0.0433. The Morgan fingerprint density at radius 1 is 1.00 bits per heavy atom. The van der Waals surface area contributed by atoms with Crippen LogP contribution in [0.5, 0.6) is 5.75 Å². The number of fused-ring (bicyclic) bond motifs is 1. The second kappa shape index (κ2) is 7.16. The number of phenolic OH excluding ortho intramolecular Hbond substituents is 1. The number of aromatic nitrogens is 2. The lowest BCUT2D eigenvalue weighted by atomic mass is 9.95. The highest BCUT2D eigenvalue weighted by Crippen LogP contribution is 2.27. The molecule has 4 nitrogen and oxygen atoms in total. The van der Waals surface area contributed by atoms with Crippen LogP contribution < -0.4 is 0 Å². The first-order valence-corrected chi connectivity index (χ1v) is 9.17. The summed E-state index contributed by atoms with van der Waals surface area (Å²) in [5, 5.41) is 17.0. The van der Waals surface area contributed by atoms with E-state index in [4.69, 9.17) is 0 Å². The van der Waals surface area contributed by atoms with Crippen LogP contribution in [0.15, 0.2) is 48.8 Å². The summed E-state index contributed by atoms with van der Waals surface area (Å²) in [6.07, 6.45) is 9.74. The van der Waals surface area contributed by atoms with Crippen LogP contribution >= 0.6 is 0 Å². The van der Waals surface area contributed by atoms with Gasteiger partial charge in [-0.25, -0.2) is 0 Å². The van der Waals surface area contributed by atoms with E-state index in [-0.39, 0.29) is 11.5 Å². The molecule has 2 aromatic carbocycles. The molecule has 26 heavy (non-hydrogen) atoms. The lowest BCUT2D eigenvalue weighted by molar-refractivity contribution is 0.0990. The maximum Gasteiger partial charge on any atom is 0.170 e. The number of H-pyrrole nitrogens is 1. The van der Waals surface area contributed by atoms with Crippen LogP contribution in [0, 0.1) is 0 Å². The zero-order valence-electron chi connectivity index (χ0n) is 14.7. The van der Waals surface area contributed by atoms with Crippen molar-refractivity contribution >= 4 is 5.78 Å². The minimum atomic E-state index is -0.0604. The average Bonchev–Trinajstić information content (AvgIpc) is 3.07. The summed E-state index contributed by atoms with van der Waals surface area (Å²) >= 11 is 0. The molecule has 1 heterocycles. The quantitative estimate of drug-likeness (QED) is 0.541. The molecule has 0 bridgehead atoms. The molecule has 0 unspecified atom stereocenters. The van der Waals surface area contributed by atoms with Crippen LogP contribution in [0.1, 0.15) is 46.3 Å². The smallest absolute Gasteiger partial charge is 0.170 e. The van der Waals surface area contributed by atoms with Gasteiger partial charge in [0.15, 0.2) is 5.78 Å². The number of carbonyl (C=O) groups excluding carboxylic acids is 1. The largest absolute Gasteiger partial charge is 0.507 e. The maximum atomic E-state index is 12.7. The van der Waals surface area contributed by atoms with Gasteiger partial charge in [0.1, 0.15) is 5.75 Å². The highest BCUT2D eigenvalue weighted by atomic mass is 16.3. The fourth-order valence-corrected chi connectivity index (χ4v) is 3.71. The molecule has 0 atom stereocenters. The van der Waals surface area contributed by atoms with Crippen molar-refractivity contribution in [3.8, 4) is 16.9 Å². The van der Waals surface area contributed by atoms with Crippen LogP contribution in [-0.4, -0.2) is 21.1 Å². The van der Waals surface area contributed by atoms with Gasteiger partial charge in [-0.2, -0.15) is 5.10 Å². The number of carbonyl (C=O) groups is 1. The van der Waals surface area contributed by atoms with Crippen molar-refractivity contribution in [1.29, 1.82) is 0 Å². The number of nitrogens with one attached hydrogen (secondary N) is 1. The molecule has 0 aliphatic heterocycles. The minimum absolute atomic E-state index is 0.0171. The third-order valence-electron chi connectivity index (χ3n) is 5.16. The van der Waals surface area contributed by atoms with Crippen LogP contribution in [0.3, 0.4) is 0 Å². The topological polar surface area (TPSA) is 66.0 Å². The Balaban J connectivity index is 1.54. The molecule has 4 heteroatoms. The number of phenols is 1. The van der Waals surface area contributed by atoms with Gasteiger partial charge in [-0.15, -0.1) is 0 Å². The maximum absolute atomic E-state index is 12.7. The molecule has 0 saturated carbocycles. The van der Waals surface area contributed by atoms with E-state index in [0.29, 0.717) is 12.0 Å². The second-order valence-electron chi connectivity index (χ2n) is 6.98. The number of Topliss-reactive ketones (excluding diaryl/α,β-unsaturated/α-hetero) is 1. The Kier molecular flexibility index (Phi) is 4.57. The second-order valence-corrected chi connectivity index (χ2v) is 6.98. The molecule has 1 aliphatic rings. The van der Waals surface area contributed by atoms with Gasteiger partial charge in [-0.1, -0.05) is 30.7 Å². The third kappa shape index (κ3) is 3.40. The molecule has 132 valence electrons. The number of aromatic amines is 1. The average molecular weight is 346 g/mol. The Bertz CT molecular complexity index is 929. The van der Waals surface area contributed by atoms with Gasteiger partial charge in [-0.3, -0.25) is 9.89 Å². The monoisotopic (exact) mass is 346 g/mol. The van der Waals surface area contributed by atoms with Crippen molar-refractivity contribution in [3.63, 3.8) is 0 Å². The predicted molar refractivity (Wildman–Crippen MR) is 101 cm³/mol. The summed E-state index contributed by atoms with van der Waals surface area (Å²) in [5.41, 5.74) is 5.90. The molecular formula is C22H22N2O2. The lowest BCUT2D eigenvalue weighted by Crippen LogP contribution is -2.05. The SMILES string of the molecule is O=C(Cc1ccc2c(c1)CCCCC2)c1ccc(-c2cn[nH]c2)cc1O. The van der Waals surface area contributed by atoms with Crippen molar-refractivity contribution in [2.24, 2.45) is 0 Å². The Hall–Kier alpha value is -2.88. The molecule has 0 fully saturated rings. The van der Waals surface area contributed by atoms with Crippen LogP contribution in [-0.2, 0) is 19.3 Å². The molecular weight excluding hydrogens is 324 g/mol. The van der Waals surface area contributed by atoms with E-state index in [1.54, 1.807) is 24.5 Å². The van der Waals surface area contributed by atoms with Gasteiger partial charge >= 0.3 is 0 Å². The van der Waals surface area contributed by atoms with Crippen molar-refractivity contribution in [3.05, 3.63) is 71.0 Å². The van der Waals surface area contributed by atoms with E-state index >= 15 is 0 Å². The molecule has 0 spiro atoms. The molecule has 3 aromatic rings. The van der Waals surface area contributed by atoms with Gasteiger partial charge in [0.25, 0.3) is 0 Å². The number of rotatable bonds is 4. The van der Waals surface area contributed by atoms with Crippen molar-refractivity contribution in [1.82, 2.24) is 10.2 Å². The van der Waals surface area contributed by atoms with E-state index in [9.17, 15) is 9.90 Å². The van der Waals surface area contributed by atoms with Crippen molar-refractivity contribution < 1.29 is 9.90 Å². The summed E-state index contributed by atoms with van der Waals surface area (Å²) < 4.78 is 0. The predicted octanol–water partition coefficient (Wildman–Crippen LogP) is 4.48. The fraction of sp³-hybridized carbons (Fsp3) is 0.273. The number of hydrogen-bond donors (Lipinski definition) is 2. The van der Waals surface area contributed by atoms with Gasteiger partial charge < -0.3 is 5.11 Å². The van der Waals surface area contributed by atoms with Crippen LogP contribution in [0.25, 0.3) is 11.1 Å². The summed E-state index contributed by atoms with van der Waals surface area (Å²) in [6, 6.07) is 11.6. The molecule has 0 radical (unpaired) electrons. The first kappa shape index (κ1) is 16.6. The van der Waals surface area contributed by atoms with Gasteiger partial charge in [0, 0.05) is 18.2 Å². The Morgan fingerprint density at radius 3 is 2.62 bits per heavy atom. The molecule has 1 aromatic heterocycles. The standard InChI is InChI=1S/C22H22N2O2/c25-21(11-15-6-7-16-4-2-1-3-5-17(16)10-15)20-9-8-18(12-22(20)26)19-13-23-24-14-19/h6-10,12-14,26H,1-5,11H2,(H,23,24). The Labute approximate surface area is 152 Å². The number of nitrogens with zero attached hydrogens (tertiary/aromatic N) is 1. The van der Waals surface area contributed by atoms with Crippen molar-refractivity contribution in [2.75, 3.05) is 0 Å². The van der Waals surface area contributed by atoms with E-state index in [0.717, 1.165) is 29.5 Å². The summed E-state index contributed by atoms with van der Waals surface area (Å²) in [4.78, 5) is 12.7. The van der Waals surface area contributed by atoms with E-state index in [1.165, 1.54) is 30.4 Å². The minimum Gasteiger partial charge on any atom is -0.507 e. The first-order chi connectivity index (χ1) is 12.7. The summed E-state index contributed by atoms with van der Waals surface area (Å²) in [7, 11) is 0. The van der Waals surface area contributed by atoms with Crippen LogP contribution in [0.2, 0.25) is 0 Å². The Morgan fingerprint density at radius 2 is 1.85 bits per heavy atom. The van der Waals surface area contributed by atoms with E-state index in [1.807, 2.05) is 6.07 Å². The molecule has 2 N–H and O–H groups in total. The first-order valence-electron chi connectivity index (χ1n) is 9.17. The molecule has 0 amide bonds. The van der Waals surface area contributed by atoms with Gasteiger partial charge in [0.05, 0.1) is 11.8 Å². The highest BCUT2D eigenvalue weighted by molar-refractivity contribution is 6.00. The zero-order chi connectivity index (χ0) is 17.9. The number of aryl methyl sites for hydroxylation is 2. The number of hydrogen-bond acceptors (Lipinski definition) is 3. The number of benzene rings is 2. The molecule has 0 saturated heterocycles. The number of ketones is 1. The normalized spacial score (nSPS) is 13.8. The van der Waals surface area contributed by atoms with E-state index < -0.39 is 0 Å². The molecule has 4 rings (SSSR count). The highest BCUT2D eigenvalue weighted by Gasteiger charge is 2.15. The lowest BCUT2D eigenvalue weighted by Gasteiger charge is -2.10. The fourth-order valence-electron chi connectivity index (χ4n) is 3.71. The summed E-state index contributed by atoms with van der Waals surface area (Å²) in [6.45, 7) is 0. The van der Waals surface area contributed by atoms with Gasteiger partial charge in [-0.05, 0) is 60.1 Å². The number of aromatic hydroxyl groups is 1. The zero-order valence-corrected chi connectivity index (χ0v) is 14.7. The third-order valence-corrected chi connectivity index (χ3v) is 5.16. The van der Waals surface area contributed by atoms with Crippen molar-refractivity contribution in [2.45, 2.75) is 38.5 Å². The van der Waals surface area contributed by atoms with E-state index in [2.05, 4.69) is 28.4 Å².